The number of nitrogens with zero attached hydrogens (tertiary/aromatic N) is 2. The largest absolute Gasteiger partial charge is 0.207 e. The molecule has 0 amide bonds. The van der Waals surface area contributed by atoms with Gasteiger partial charge in [-0.05, 0) is 24.3 Å². The highest BCUT2D eigenvalue weighted by Gasteiger charge is 1.99. The predicted octanol–water partition coefficient (Wildman–Crippen LogP) is 2.34. The topological polar surface area (TPSA) is 25.8 Å². The van der Waals surface area contributed by atoms with Crippen molar-refractivity contribution in [2.75, 3.05) is 0 Å². The van der Waals surface area contributed by atoms with Crippen molar-refractivity contribution in [2.45, 2.75) is 0 Å². The second-order valence-corrected chi connectivity index (χ2v) is 3.08. The van der Waals surface area contributed by atoms with Gasteiger partial charge in [-0.1, -0.05) is 11.3 Å². The lowest BCUT2D eigenvalue weighted by atomic mass is 10.2. The van der Waals surface area contributed by atoms with Crippen LogP contribution in [0.1, 0.15) is 0 Å². The normalized spacial score (nSPS) is 10.1. The molecule has 0 saturated carbocycles. The predicted molar refractivity (Wildman–Crippen MR) is 45.3 cm³/mol. The minimum atomic E-state index is -0.233. The molecule has 0 unspecified atom stereocenters. The molecular weight excluding hydrogens is 175 g/mol. The summed E-state index contributed by atoms with van der Waals surface area (Å²) in [4.78, 5) is 0. The highest BCUT2D eigenvalue weighted by Crippen LogP contribution is 2.19. The van der Waals surface area contributed by atoms with Gasteiger partial charge < -0.3 is 0 Å². The van der Waals surface area contributed by atoms with Gasteiger partial charge in [0.1, 0.15) is 16.3 Å². The van der Waals surface area contributed by atoms with Crippen LogP contribution >= 0.6 is 11.3 Å². The van der Waals surface area contributed by atoms with Gasteiger partial charge in [0.15, 0.2) is 0 Å². The first-order valence-corrected chi connectivity index (χ1v) is 4.26. The SMILES string of the molecule is Fc1ccc(-c2nncs2)cc1. The Morgan fingerprint density at radius 3 is 2.50 bits per heavy atom. The molecule has 2 nitrogen and oxygen atoms in total. The van der Waals surface area contributed by atoms with Crippen LogP contribution in [0.3, 0.4) is 0 Å². The summed E-state index contributed by atoms with van der Waals surface area (Å²) in [5, 5.41) is 8.37. The molecule has 1 aromatic carbocycles. The molecule has 0 aliphatic rings. The van der Waals surface area contributed by atoms with Gasteiger partial charge >= 0.3 is 0 Å². The Kier molecular flexibility index (Phi) is 1.83. The smallest absolute Gasteiger partial charge is 0.147 e. The molecule has 0 fully saturated rings. The summed E-state index contributed by atoms with van der Waals surface area (Å²) in [6, 6.07) is 6.21. The second kappa shape index (κ2) is 2.98. The van der Waals surface area contributed by atoms with Crippen molar-refractivity contribution in [3.05, 3.63) is 35.6 Å². The van der Waals surface area contributed by atoms with Crippen molar-refractivity contribution < 1.29 is 4.39 Å². The Morgan fingerprint density at radius 1 is 1.17 bits per heavy atom. The monoisotopic (exact) mass is 180 g/mol. The van der Waals surface area contributed by atoms with Crippen molar-refractivity contribution in [3.63, 3.8) is 0 Å². The number of rotatable bonds is 1. The summed E-state index contributed by atoms with van der Waals surface area (Å²) in [5.74, 6) is -0.233. The minimum absolute atomic E-state index is 0.233. The van der Waals surface area contributed by atoms with Crippen LogP contribution in [-0.4, -0.2) is 10.2 Å². The molecule has 0 spiro atoms. The van der Waals surface area contributed by atoms with E-state index in [4.69, 9.17) is 0 Å². The summed E-state index contributed by atoms with van der Waals surface area (Å²) in [7, 11) is 0. The third kappa shape index (κ3) is 1.33. The van der Waals surface area contributed by atoms with Crippen molar-refractivity contribution in [3.8, 4) is 10.6 Å². The number of hydrogen-bond acceptors (Lipinski definition) is 3. The lowest BCUT2D eigenvalue weighted by Crippen LogP contribution is -1.77. The summed E-state index contributed by atoms with van der Waals surface area (Å²) in [6.07, 6.45) is 0. The lowest BCUT2D eigenvalue weighted by Gasteiger charge is -1.92. The fourth-order valence-corrected chi connectivity index (χ4v) is 1.45. The van der Waals surface area contributed by atoms with E-state index in [1.165, 1.54) is 23.5 Å². The van der Waals surface area contributed by atoms with Crippen molar-refractivity contribution in [1.29, 1.82) is 0 Å². The Hall–Kier alpha value is -1.29. The summed E-state index contributed by atoms with van der Waals surface area (Å²) in [5.41, 5.74) is 2.55. The third-order valence-corrected chi connectivity index (χ3v) is 2.19. The van der Waals surface area contributed by atoms with Gasteiger partial charge in [-0.2, -0.15) is 0 Å². The molecular formula is C8H5FN2S. The van der Waals surface area contributed by atoms with Gasteiger partial charge in [0.25, 0.3) is 0 Å². The highest BCUT2D eigenvalue weighted by atomic mass is 32.1. The fourth-order valence-electron chi connectivity index (χ4n) is 0.891. The maximum atomic E-state index is 12.5. The van der Waals surface area contributed by atoms with E-state index in [0.29, 0.717) is 0 Å². The molecule has 4 heteroatoms. The highest BCUT2D eigenvalue weighted by molar-refractivity contribution is 7.12. The van der Waals surface area contributed by atoms with E-state index in [-0.39, 0.29) is 5.82 Å². The average molecular weight is 180 g/mol. The van der Waals surface area contributed by atoms with E-state index < -0.39 is 0 Å². The van der Waals surface area contributed by atoms with Crippen LogP contribution < -0.4 is 0 Å². The van der Waals surface area contributed by atoms with E-state index in [1.54, 1.807) is 17.6 Å². The first kappa shape index (κ1) is 7.36. The van der Waals surface area contributed by atoms with Gasteiger partial charge in [0.05, 0.1) is 0 Å². The zero-order valence-corrected chi connectivity index (χ0v) is 6.88. The number of benzene rings is 1. The van der Waals surface area contributed by atoms with E-state index >= 15 is 0 Å². The van der Waals surface area contributed by atoms with Crippen LogP contribution in [0.25, 0.3) is 10.6 Å². The molecule has 0 saturated heterocycles. The number of halogens is 1. The molecule has 0 aliphatic heterocycles. The number of aromatic nitrogens is 2. The van der Waals surface area contributed by atoms with Crippen LogP contribution in [0.4, 0.5) is 4.39 Å². The fraction of sp³-hybridized carbons (Fsp3) is 0. The van der Waals surface area contributed by atoms with Crippen molar-refractivity contribution in [2.24, 2.45) is 0 Å². The van der Waals surface area contributed by atoms with Crippen molar-refractivity contribution in [1.82, 2.24) is 10.2 Å². The lowest BCUT2D eigenvalue weighted by molar-refractivity contribution is 0.628. The maximum absolute atomic E-state index is 12.5. The molecule has 0 N–H and O–H groups in total. The average Bonchev–Trinajstić information content (AvgIpc) is 2.58. The zero-order valence-electron chi connectivity index (χ0n) is 6.07. The maximum Gasteiger partial charge on any atom is 0.147 e. The van der Waals surface area contributed by atoms with Gasteiger partial charge in [0, 0.05) is 5.56 Å². The standard InChI is InChI=1S/C8H5FN2S/c9-7-3-1-6(2-4-7)8-11-10-5-12-8/h1-5H. The first-order chi connectivity index (χ1) is 5.86. The Bertz CT molecular complexity index is 355. The van der Waals surface area contributed by atoms with E-state index in [0.717, 1.165) is 10.6 Å². The molecule has 0 bridgehead atoms. The van der Waals surface area contributed by atoms with E-state index in [9.17, 15) is 4.39 Å². The molecule has 1 heterocycles. The molecule has 2 aromatic rings. The molecule has 60 valence electrons. The van der Waals surface area contributed by atoms with Gasteiger partial charge in [-0.15, -0.1) is 10.2 Å². The Labute approximate surface area is 72.7 Å². The summed E-state index contributed by atoms with van der Waals surface area (Å²) >= 11 is 1.44. The molecule has 0 aliphatic carbocycles. The van der Waals surface area contributed by atoms with Crippen molar-refractivity contribution >= 4 is 11.3 Å². The molecule has 12 heavy (non-hydrogen) atoms. The first-order valence-electron chi connectivity index (χ1n) is 3.38. The Balaban J connectivity index is 2.43. The summed E-state index contributed by atoms with van der Waals surface area (Å²) < 4.78 is 12.5. The molecule has 1 aromatic heterocycles. The minimum Gasteiger partial charge on any atom is -0.207 e. The van der Waals surface area contributed by atoms with Crippen LogP contribution in [-0.2, 0) is 0 Å². The molecule has 2 rings (SSSR count). The van der Waals surface area contributed by atoms with Crippen LogP contribution in [0, 0.1) is 5.82 Å². The van der Waals surface area contributed by atoms with Crippen LogP contribution in [0.15, 0.2) is 29.8 Å². The van der Waals surface area contributed by atoms with Crippen LogP contribution in [0.2, 0.25) is 0 Å². The van der Waals surface area contributed by atoms with E-state index in [2.05, 4.69) is 10.2 Å². The third-order valence-electron chi connectivity index (χ3n) is 1.45. The number of hydrogen-bond donors (Lipinski definition) is 0. The van der Waals surface area contributed by atoms with Crippen LogP contribution in [0.5, 0.6) is 0 Å². The van der Waals surface area contributed by atoms with E-state index in [1.807, 2.05) is 0 Å². The van der Waals surface area contributed by atoms with Gasteiger partial charge in [-0.3, -0.25) is 0 Å². The van der Waals surface area contributed by atoms with Gasteiger partial charge in [0.2, 0.25) is 0 Å². The Morgan fingerprint density at radius 2 is 1.92 bits per heavy atom. The second-order valence-electron chi connectivity index (χ2n) is 2.25. The molecule has 0 radical (unpaired) electrons. The summed E-state index contributed by atoms with van der Waals surface area (Å²) in [6.45, 7) is 0. The quantitative estimate of drug-likeness (QED) is 0.673. The zero-order chi connectivity index (χ0) is 8.39. The van der Waals surface area contributed by atoms with Gasteiger partial charge in [-0.25, -0.2) is 4.39 Å². The molecule has 0 atom stereocenters.